The summed E-state index contributed by atoms with van der Waals surface area (Å²) in [5.41, 5.74) is 0.254. The van der Waals surface area contributed by atoms with Gasteiger partial charge in [-0.15, -0.1) is 11.8 Å². The van der Waals surface area contributed by atoms with Crippen molar-refractivity contribution in [2.45, 2.75) is 58.0 Å². The van der Waals surface area contributed by atoms with Crippen LogP contribution in [0, 0.1) is 11.8 Å². The SMILES string of the molecule is CC#CCCC(NC)C(CC)(CC)N(C)C. The average Bonchev–Trinajstić information content (AvgIpc) is 2.28. The van der Waals surface area contributed by atoms with Crippen molar-refractivity contribution < 1.29 is 0 Å². The highest BCUT2D eigenvalue weighted by Gasteiger charge is 2.36. The van der Waals surface area contributed by atoms with Gasteiger partial charge in [-0.3, -0.25) is 0 Å². The molecule has 0 rings (SSSR count). The Bertz CT molecular complexity index is 231. The van der Waals surface area contributed by atoms with E-state index >= 15 is 0 Å². The minimum absolute atomic E-state index is 0.254. The zero-order valence-electron chi connectivity index (χ0n) is 11.9. The van der Waals surface area contributed by atoms with Crippen LogP contribution in [0.25, 0.3) is 0 Å². The van der Waals surface area contributed by atoms with Gasteiger partial charge in [0.1, 0.15) is 0 Å². The lowest BCUT2D eigenvalue weighted by atomic mass is 9.81. The number of hydrogen-bond acceptors (Lipinski definition) is 2. The summed E-state index contributed by atoms with van der Waals surface area (Å²) < 4.78 is 0. The molecule has 0 radical (unpaired) electrons. The molecular weight excluding hydrogens is 196 g/mol. The molecule has 1 N–H and O–H groups in total. The van der Waals surface area contributed by atoms with Crippen molar-refractivity contribution in [1.82, 2.24) is 10.2 Å². The molecule has 1 atom stereocenters. The summed E-state index contributed by atoms with van der Waals surface area (Å²) in [6.07, 6.45) is 4.44. The normalized spacial score (nSPS) is 13.4. The van der Waals surface area contributed by atoms with Crippen LogP contribution in [0.15, 0.2) is 0 Å². The lowest BCUT2D eigenvalue weighted by Gasteiger charge is -2.45. The fraction of sp³-hybridized carbons (Fsp3) is 0.857. The number of rotatable bonds is 7. The third kappa shape index (κ3) is 3.50. The summed E-state index contributed by atoms with van der Waals surface area (Å²) in [6, 6.07) is 0.512. The third-order valence-corrected chi connectivity index (χ3v) is 3.85. The van der Waals surface area contributed by atoms with Crippen LogP contribution in [0.3, 0.4) is 0 Å². The van der Waals surface area contributed by atoms with Crippen LogP contribution in [0.5, 0.6) is 0 Å². The van der Waals surface area contributed by atoms with Gasteiger partial charge in [-0.25, -0.2) is 0 Å². The van der Waals surface area contributed by atoms with Gasteiger partial charge in [-0.2, -0.15) is 0 Å². The van der Waals surface area contributed by atoms with Gasteiger partial charge in [0.25, 0.3) is 0 Å². The molecule has 16 heavy (non-hydrogen) atoms. The highest BCUT2D eigenvalue weighted by molar-refractivity contribution is 5.01. The van der Waals surface area contributed by atoms with Gasteiger partial charge >= 0.3 is 0 Å². The van der Waals surface area contributed by atoms with Gasteiger partial charge in [-0.1, -0.05) is 13.8 Å². The largest absolute Gasteiger partial charge is 0.315 e. The average molecular weight is 224 g/mol. The second-order valence-corrected chi connectivity index (χ2v) is 4.51. The second kappa shape index (κ2) is 7.70. The summed E-state index contributed by atoms with van der Waals surface area (Å²) in [7, 11) is 6.43. The molecule has 0 aromatic heterocycles. The van der Waals surface area contributed by atoms with Crippen molar-refractivity contribution in [2.24, 2.45) is 0 Å². The fourth-order valence-corrected chi connectivity index (χ4v) is 2.71. The Labute approximate surface area is 102 Å². The van der Waals surface area contributed by atoms with E-state index in [4.69, 9.17) is 0 Å². The number of likely N-dealkylation sites (N-methyl/N-ethyl adjacent to an activating group) is 2. The van der Waals surface area contributed by atoms with Crippen LogP contribution in [0.1, 0.15) is 46.5 Å². The third-order valence-electron chi connectivity index (χ3n) is 3.85. The highest BCUT2D eigenvalue weighted by Crippen LogP contribution is 2.28. The summed E-state index contributed by atoms with van der Waals surface area (Å²) in [6.45, 7) is 6.46. The molecule has 0 aliphatic carbocycles. The zero-order valence-corrected chi connectivity index (χ0v) is 11.9. The van der Waals surface area contributed by atoms with Crippen LogP contribution < -0.4 is 5.32 Å². The van der Waals surface area contributed by atoms with Crippen molar-refractivity contribution in [3.05, 3.63) is 0 Å². The molecule has 0 aromatic rings. The van der Waals surface area contributed by atoms with Gasteiger partial charge in [0.2, 0.25) is 0 Å². The van der Waals surface area contributed by atoms with Crippen molar-refractivity contribution in [2.75, 3.05) is 21.1 Å². The molecule has 0 saturated carbocycles. The molecule has 0 bridgehead atoms. The predicted molar refractivity (Wildman–Crippen MR) is 72.5 cm³/mol. The molecule has 94 valence electrons. The highest BCUT2D eigenvalue weighted by atomic mass is 15.2. The Balaban J connectivity index is 4.74. The standard InChI is InChI=1S/C14H28N2/c1-7-10-11-12-13(15-4)14(8-2,9-3)16(5)6/h13,15H,8-9,11-12H2,1-6H3. The summed E-state index contributed by atoms with van der Waals surface area (Å²) in [5, 5.41) is 3.48. The Morgan fingerprint density at radius 3 is 2.12 bits per heavy atom. The summed E-state index contributed by atoms with van der Waals surface area (Å²) >= 11 is 0. The zero-order chi connectivity index (χ0) is 12.6. The van der Waals surface area contributed by atoms with Crippen molar-refractivity contribution >= 4 is 0 Å². The van der Waals surface area contributed by atoms with Gasteiger partial charge in [0, 0.05) is 18.0 Å². The Kier molecular flexibility index (Phi) is 7.45. The monoisotopic (exact) mass is 224 g/mol. The van der Waals surface area contributed by atoms with Gasteiger partial charge in [0.05, 0.1) is 0 Å². The van der Waals surface area contributed by atoms with E-state index in [1.54, 1.807) is 0 Å². The second-order valence-electron chi connectivity index (χ2n) is 4.51. The predicted octanol–water partition coefficient (Wildman–Crippen LogP) is 2.50. The van der Waals surface area contributed by atoms with Crippen LogP contribution >= 0.6 is 0 Å². The van der Waals surface area contributed by atoms with Gasteiger partial charge in [0.15, 0.2) is 0 Å². The molecule has 2 heteroatoms. The molecular formula is C14H28N2. The van der Waals surface area contributed by atoms with Crippen LogP contribution in [0.2, 0.25) is 0 Å². The first-order valence-electron chi connectivity index (χ1n) is 6.33. The van der Waals surface area contributed by atoms with E-state index in [0.29, 0.717) is 6.04 Å². The summed E-state index contributed by atoms with van der Waals surface area (Å²) in [5.74, 6) is 6.14. The van der Waals surface area contributed by atoms with Crippen LogP contribution in [-0.2, 0) is 0 Å². The topological polar surface area (TPSA) is 15.3 Å². The van der Waals surface area contributed by atoms with Gasteiger partial charge < -0.3 is 10.2 Å². The Morgan fingerprint density at radius 1 is 1.25 bits per heavy atom. The molecule has 0 heterocycles. The van der Waals surface area contributed by atoms with E-state index in [1.807, 2.05) is 6.92 Å². The Hall–Kier alpha value is -0.520. The van der Waals surface area contributed by atoms with Crippen molar-refractivity contribution in [3.8, 4) is 11.8 Å². The number of nitrogens with one attached hydrogen (secondary N) is 1. The van der Waals surface area contributed by atoms with E-state index in [1.165, 1.54) is 12.8 Å². The first kappa shape index (κ1) is 15.5. The molecule has 0 aromatic carbocycles. The maximum atomic E-state index is 3.48. The van der Waals surface area contributed by atoms with Crippen LogP contribution in [0.4, 0.5) is 0 Å². The molecule has 0 fully saturated rings. The van der Waals surface area contributed by atoms with Crippen LogP contribution in [-0.4, -0.2) is 37.6 Å². The smallest absolute Gasteiger partial charge is 0.0351 e. The molecule has 0 amide bonds. The van der Waals surface area contributed by atoms with E-state index in [9.17, 15) is 0 Å². The quantitative estimate of drug-likeness (QED) is 0.668. The maximum absolute atomic E-state index is 3.48. The first-order chi connectivity index (χ1) is 7.58. The molecule has 0 aliphatic heterocycles. The molecule has 2 nitrogen and oxygen atoms in total. The lowest BCUT2D eigenvalue weighted by molar-refractivity contribution is 0.0884. The number of hydrogen-bond donors (Lipinski definition) is 1. The summed E-state index contributed by atoms with van der Waals surface area (Å²) in [4.78, 5) is 2.37. The molecule has 0 aliphatic rings. The molecule has 0 spiro atoms. The van der Waals surface area contributed by atoms with Crippen molar-refractivity contribution in [3.63, 3.8) is 0 Å². The first-order valence-corrected chi connectivity index (χ1v) is 6.33. The lowest BCUT2D eigenvalue weighted by Crippen LogP contribution is -2.57. The molecule has 1 unspecified atom stereocenters. The fourth-order valence-electron chi connectivity index (χ4n) is 2.71. The van der Waals surface area contributed by atoms with E-state index < -0.39 is 0 Å². The van der Waals surface area contributed by atoms with E-state index in [-0.39, 0.29) is 5.54 Å². The van der Waals surface area contributed by atoms with Gasteiger partial charge in [-0.05, 0) is 47.3 Å². The van der Waals surface area contributed by atoms with E-state index in [0.717, 1.165) is 12.8 Å². The molecule has 0 saturated heterocycles. The van der Waals surface area contributed by atoms with E-state index in [2.05, 4.69) is 57.0 Å². The minimum Gasteiger partial charge on any atom is -0.315 e. The minimum atomic E-state index is 0.254. The maximum Gasteiger partial charge on any atom is 0.0351 e. The van der Waals surface area contributed by atoms with Crippen molar-refractivity contribution in [1.29, 1.82) is 0 Å². The number of nitrogens with zero attached hydrogens (tertiary/aromatic N) is 1. The Morgan fingerprint density at radius 2 is 1.81 bits per heavy atom.